The van der Waals surface area contributed by atoms with Crippen molar-refractivity contribution in [1.82, 2.24) is 10.2 Å². The van der Waals surface area contributed by atoms with Gasteiger partial charge in [0.15, 0.2) is 0 Å². The number of halogens is 3. The largest absolute Gasteiger partial charge is 0.352 e. The minimum Gasteiger partial charge on any atom is -0.352 e. The van der Waals surface area contributed by atoms with Crippen molar-refractivity contribution in [3.63, 3.8) is 0 Å². The molecule has 0 radical (unpaired) electrons. The van der Waals surface area contributed by atoms with Crippen LogP contribution >= 0.6 is 23.2 Å². The highest BCUT2D eigenvalue weighted by Crippen LogP contribution is 2.25. The number of hydrogen-bond acceptors (Lipinski definition) is 4. The van der Waals surface area contributed by atoms with Crippen molar-refractivity contribution in [2.75, 3.05) is 17.1 Å². The Labute approximate surface area is 216 Å². The number of carbonyl (C=O) groups is 2. The van der Waals surface area contributed by atoms with Gasteiger partial charge in [-0.05, 0) is 55.7 Å². The fraction of sp³-hybridized carbons (Fsp3) is 0.417. The van der Waals surface area contributed by atoms with Gasteiger partial charge in [-0.25, -0.2) is 12.8 Å². The molecule has 0 bridgehead atoms. The highest BCUT2D eigenvalue weighted by atomic mass is 35.5. The maximum absolute atomic E-state index is 13.8. The third kappa shape index (κ3) is 8.08. The van der Waals surface area contributed by atoms with Crippen LogP contribution in [0.3, 0.4) is 0 Å². The molecule has 2 rings (SSSR count). The number of benzene rings is 2. The van der Waals surface area contributed by atoms with Crippen molar-refractivity contribution in [2.45, 2.75) is 52.2 Å². The van der Waals surface area contributed by atoms with Crippen molar-refractivity contribution in [1.29, 1.82) is 0 Å². The van der Waals surface area contributed by atoms with E-state index < -0.39 is 34.3 Å². The normalized spacial score (nSPS) is 13.1. The van der Waals surface area contributed by atoms with Crippen LogP contribution in [0.4, 0.5) is 10.1 Å². The van der Waals surface area contributed by atoms with E-state index in [1.807, 2.05) is 13.8 Å². The zero-order chi connectivity index (χ0) is 26.3. The number of nitrogens with zero attached hydrogens (tertiary/aromatic N) is 2. The summed E-state index contributed by atoms with van der Waals surface area (Å²) in [6.45, 7) is 4.85. The standard InChI is InChI=1S/C24H30Cl2FN3O4S/c1-5-16(3)28-24(32)22(6-2)29(14-17-10-11-18(25)12-21(17)26)23(31)15-30(35(4,33)34)20-9-7-8-19(27)13-20/h7-13,16,22H,5-6,14-15H2,1-4H3,(H,28,32). The molecule has 0 aliphatic heterocycles. The number of nitrogens with one attached hydrogen (secondary N) is 1. The SMILES string of the molecule is CCC(C)NC(=O)C(CC)N(Cc1ccc(Cl)cc1Cl)C(=O)CN(c1cccc(F)c1)S(C)(=O)=O. The molecule has 2 aromatic carbocycles. The summed E-state index contributed by atoms with van der Waals surface area (Å²) in [6, 6.07) is 8.72. The summed E-state index contributed by atoms with van der Waals surface area (Å²) in [5.41, 5.74) is 0.540. The summed E-state index contributed by atoms with van der Waals surface area (Å²) in [7, 11) is -3.95. The molecule has 7 nitrogen and oxygen atoms in total. The lowest BCUT2D eigenvalue weighted by Gasteiger charge is -2.33. The third-order valence-corrected chi connectivity index (χ3v) is 7.25. The number of anilines is 1. The molecule has 192 valence electrons. The Morgan fingerprint density at radius 1 is 1.09 bits per heavy atom. The van der Waals surface area contributed by atoms with E-state index in [2.05, 4.69) is 5.32 Å². The molecule has 1 N–H and O–H groups in total. The fourth-order valence-electron chi connectivity index (χ4n) is 3.44. The van der Waals surface area contributed by atoms with Crippen molar-refractivity contribution in [2.24, 2.45) is 0 Å². The lowest BCUT2D eigenvalue weighted by Crippen LogP contribution is -2.53. The molecule has 11 heteroatoms. The Bertz CT molecular complexity index is 1160. The maximum Gasteiger partial charge on any atom is 0.244 e. The summed E-state index contributed by atoms with van der Waals surface area (Å²) in [5, 5.41) is 3.59. The average molecular weight is 546 g/mol. The van der Waals surface area contributed by atoms with Crippen molar-refractivity contribution in [3.8, 4) is 0 Å². The summed E-state index contributed by atoms with van der Waals surface area (Å²) in [6.07, 6.45) is 1.90. The van der Waals surface area contributed by atoms with Crippen LogP contribution in [0.2, 0.25) is 10.0 Å². The van der Waals surface area contributed by atoms with Crippen LogP contribution in [0.15, 0.2) is 42.5 Å². The molecular formula is C24H30Cl2FN3O4S. The van der Waals surface area contributed by atoms with Gasteiger partial charge in [0.05, 0.1) is 11.9 Å². The molecule has 35 heavy (non-hydrogen) atoms. The van der Waals surface area contributed by atoms with Gasteiger partial charge in [0, 0.05) is 22.6 Å². The predicted octanol–water partition coefficient (Wildman–Crippen LogP) is 4.62. The minimum atomic E-state index is -3.95. The first-order valence-electron chi connectivity index (χ1n) is 11.1. The Morgan fingerprint density at radius 2 is 1.77 bits per heavy atom. The molecule has 0 spiro atoms. The van der Waals surface area contributed by atoms with Gasteiger partial charge in [0.25, 0.3) is 0 Å². The Kier molecular flexibility index (Phi) is 10.4. The zero-order valence-corrected chi connectivity index (χ0v) is 22.4. The van der Waals surface area contributed by atoms with E-state index in [1.165, 1.54) is 29.2 Å². The van der Waals surface area contributed by atoms with Crippen LogP contribution in [-0.2, 0) is 26.2 Å². The maximum atomic E-state index is 13.8. The molecule has 2 atom stereocenters. The smallest absolute Gasteiger partial charge is 0.244 e. The number of rotatable bonds is 11. The fourth-order valence-corrected chi connectivity index (χ4v) is 4.75. The monoisotopic (exact) mass is 545 g/mol. The first kappa shape index (κ1) is 28.9. The van der Waals surface area contributed by atoms with Gasteiger partial charge < -0.3 is 10.2 Å². The molecule has 2 amide bonds. The molecule has 2 aromatic rings. The molecule has 0 aromatic heterocycles. The second kappa shape index (κ2) is 12.6. The lowest BCUT2D eigenvalue weighted by atomic mass is 10.1. The van der Waals surface area contributed by atoms with E-state index in [1.54, 1.807) is 19.1 Å². The topological polar surface area (TPSA) is 86.8 Å². The zero-order valence-electron chi connectivity index (χ0n) is 20.1. The van der Waals surface area contributed by atoms with Crippen molar-refractivity contribution >= 4 is 50.7 Å². The summed E-state index contributed by atoms with van der Waals surface area (Å²) in [5.74, 6) is -1.65. The molecular weight excluding hydrogens is 516 g/mol. The van der Waals surface area contributed by atoms with E-state index in [-0.39, 0.29) is 30.6 Å². The predicted molar refractivity (Wildman–Crippen MR) is 138 cm³/mol. The number of sulfonamides is 1. The number of amides is 2. The van der Waals surface area contributed by atoms with Crippen LogP contribution in [0, 0.1) is 5.82 Å². The van der Waals surface area contributed by atoms with Gasteiger partial charge in [-0.15, -0.1) is 0 Å². The lowest BCUT2D eigenvalue weighted by molar-refractivity contribution is -0.140. The van der Waals surface area contributed by atoms with Gasteiger partial charge in [0.2, 0.25) is 21.8 Å². The van der Waals surface area contributed by atoms with Crippen LogP contribution in [0.5, 0.6) is 0 Å². The van der Waals surface area contributed by atoms with Gasteiger partial charge >= 0.3 is 0 Å². The van der Waals surface area contributed by atoms with Crippen LogP contribution in [-0.4, -0.2) is 50.0 Å². The quantitative estimate of drug-likeness (QED) is 0.446. The number of carbonyl (C=O) groups excluding carboxylic acids is 2. The van der Waals surface area contributed by atoms with E-state index in [0.717, 1.165) is 16.6 Å². The highest BCUT2D eigenvalue weighted by molar-refractivity contribution is 7.92. The van der Waals surface area contributed by atoms with Gasteiger partial charge in [0.1, 0.15) is 18.4 Å². The van der Waals surface area contributed by atoms with E-state index in [4.69, 9.17) is 23.2 Å². The van der Waals surface area contributed by atoms with E-state index >= 15 is 0 Å². The molecule has 2 unspecified atom stereocenters. The summed E-state index contributed by atoms with van der Waals surface area (Å²) < 4.78 is 39.7. The molecule has 0 saturated carbocycles. The van der Waals surface area contributed by atoms with Crippen molar-refractivity contribution in [3.05, 3.63) is 63.9 Å². The molecule has 0 aliphatic rings. The first-order chi connectivity index (χ1) is 16.4. The van der Waals surface area contributed by atoms with Crippen LogP contribution in [0.25, 0.3) is 0 Å². The Balaban J connectivity index is 2.48. The van der Waals surface area contributed by atoms with Gasteiger partial charge in [-0.3, -0.25) is 13.9 Å². The van der Waals surface area contributed by atoms with Crippen LogP contribution < -0.4 is 9.62 Å². The highest BCUT2D eigenvalue weighted by Gasteiger charge is 2.32. The summed E-state index contributed by atoms with van der Waals surface area (Å²) >= 11 is 12.3. The third-order valence-electron chi connectivity index (χ3n) is 5.52. The van der Waals surface area contributed by atoms with Gasteiger partial charge in [-0.1, -0.05) is 49.2 Å². The second-order valence-corrected chi connectivity index (χ2v) is 11.0. The molecule has 0 saturated heterocycles. The number of hydrogen-bond donors (Lipinski definition) is 1. The van der Waals surface area contributed by atoms with E-state index in [0.29, 0.717) is 22.0 Å². The molecule has 0 fully saturated rings. The summed E-state index contributed by atoms with van der Waals surface area (Å²) in [4.78, 5) is 27.9. The van der Waals surface area contributed by atoms with E-state index in [9.17, 15) is 22.4 Å². The Morgan fingerprint density at radius 3 is 2.31 bits per heavy atom. The van der Waals surface area contributed by atoms with Gasteiger partial charge in [-0.2, -0.15) is 0 Å². The van der Waals surface area contributed by atoms with Crippen molar-refractivity contribution < 1.29 is 22.4 Å². The molecule has 0 heterocycles. The molecule has 0 aliphatic carbocycles. The average Bonchev–Trinajstić information content (AvgIpc) is 2.77. The van der Waals surface area contributed by atoms with Crippen LogP contribution in [0.1, 0.15) is 39.2 Å². The first-order valence-corrected chi connectivity index (χ1v) is 13.7. The Hall–Kier alpha value is -2.36. The second-order valence-electron chi connectivity index (χ2n) is 8.25. The minimum absolute atomic E-state index is 0.00225.